The molecule has 0 N–H and O–H groups in total. The first-order chi connectivity index (χ1) is 14.3. The molecule has 1 amide bonds. The third-order valence-electron chi connectivity index (χ3n) is 4.65. The van der Waals surface area contributed by atoms with E-state index in [4.69, 9.17) is 4.52 Å². The second-order valence-corrected chi connectivity index (χ2v) is 7.51. The molecule has 1 aliphatic heterocycles. The number of nitrogens with zero attached hydrogens (tertiary/aromatic N) is 3. The molecule has 0 aliphatic carbocycles. The summed E-state index contributed by atoms with van der Waals surface area (Å²) in [6.07, 6.45) is -2.53. The van der Waals surface area contributed by atoms with Gasteiger partial charge in [-0.3, -0.25) is 4.79 Å². The summed E-state index contributed by atoms with van der Waals surface area (Å²) < 4.78 is 46.0. The fraction of sp³-hybridized carbons (Fsp3) is 0.250. The van der Waals surface area contributed by atoms with Crippen molar-refractivity contribution < 1.29 is 27.2 Å². The van der Waals surface area contributed by atoms with Crippen molar-refractivity contribution in [1.29, 1.82) is 0 Å². The number of alkyl halides is 3. The van der Waals surface area contributed by atoms with Gasteiger partial charge in [-0.15, -0.1) is 24.9 Å². The lowest BCUT2D eigenvalue weighted by Crippen LogP contribution is -2.24. The van der Waals surface area contributed by atoms with E-state index in [0.29, 0.717) is 18.0 Å². The third-order valence-corrected chi connectivity index (χ3v) is 5.39. The molecule has 2 heterocycles. The summed E-state index contributed by atoms with van der Waals surface area (Å²) in [7, 11) is 0. The zero-order valence-electron chi connectivity index (χ0n) is 15.7. The molecule has 6 nitrogen and oxygen atoms in total. The van der Waals surface area contributed by atoms with E-state index in [1.807, 2.05) is 30.5 Å². The number of hydrogen-bond donors (Lipinski definition) is 0. The number of rotatable bonds is 5. The number of benzene rings is 2. The molecule has 4 rings (SSSR count). The number of halogens is 3. The number of amides is 1. The van der Waals surface area contributed by atoms with Gasteiger partial charge >= 0.3 is 6.36 Å². The summed E-state index contributed by atoms with van der Waals surface area (Å²) in [6.45, 7) is 0.414. The summed E-state index contributed by atoms with van der Waals surface area (Å²) in [5, 5.41) is 3.90. The van der Waals surface area contributed by atoms with Gasteiger partial charge in [-0.2, -0.15) is 4.98 Å². The normalized spacial score (nSPS) is 16.9. The van der Waals surface area contributed by atoms with E-state index < -0.39 is 6.36 Å². The monoisotopic (exact) mass is 435 g/mol. The molecule has 1 fully saturated rings. The van der Waals surface area contributed by atoms with Gasteiger partial charge in [-0.25, -0.2) is 0 Å². The number of carbonyl (C=O) groups is 1. The summed E-state index contributed by atoms with van der Waals surface area (Å²) >= 11 is 1.62. The van der Waals surface area contributed by atoms with Crippen LogP contribution in [-0.2, 0) is 4.79 Å². The van der Waals surface area contributed by atoms with Crippen molar-refractivity contribution >= 4 is 23.4 Å². The van der Waals surface area contributed by atoms with E-state index in [1.165, 1.54) is 24.3 Å². The average molecular weight is 435 g/mol. The highest BCUT2D eigenvalue weighted by atomic mass is 32.2. The van der Waals surface area contributed by atoms with Gasteiger partial charge in [-0.1, -0.05) is 5.16 Å². The van der Waals surface area contributed by atoms with Crippen LogP contribution in [0.15, 0.2) is 57.9 Å². The minimum absolute atomic E-state index is 0.0368. The van der Waals surface area contributed by atoms with Crippen LogP contribution in [0.4, 0.5) is 18.9 Å². The van der Waals surface area contributed by atoms with Crippen LogP contribution in [0.1, 0.15) is 18.2 Å². The quantitative estimate of drug-likeness (QED) is 0.532. The maximum atomic E-state index is 12.5. The molecule has 1 saturated heterocycles. The molecule has 30 heavy (non-hydrogen) atoms. The van der Waals surface area contributed by atoms with E-state index in [1.54, 1.807) is 16.7 Å². The van der Waals surface area contributed by atoms with Gasteiger partial charge in [0.2, 0.25) is 17.6 Å². The molecule has 1 atom stereocenters. The Morgan fingerprint density at radius 2 is 1.83 bits per heavy atom. The van der Waals surface area contributed by atoms with Crippen molar-refractivity contribution in [3.05, 3.63) is 54.4 Å². The Hall–Kier alpha value is -3.01. The maximum Gasteiger partial charge on any atom is 0.573 e. The molecule has 3 aromatic rings. The lowest BCUT2D eigenvalue weighted by atomic mass is 10.1. The van der Waals surface area contributed by atoms with Crippen molar-refractivity contribution in [2.45, 2.75) is 23.6 Å². The van der Waals surface area contributed by atoms with Crippen LogP contribution in [0.3, 0.4) is 0 Å². The standard InChI is InChI=1S/C20H16F3N3O3S/c1-30-16-8-4-14(5-9-16)26-11-13(10-17(26)27)19-24-18(25-29-19)12-2-6-15(7-3-12)28-20(21,22)23/h2-9,13H,10-11H2,1H3. The van der Waals surface area contributed by atoms with E-state index in [2.05, 4.69) is 14.9 Å². The lowest BCUT2D eigenvalue weighted by Gasteiger charge is -2.16. The first-order valence-corrected chi connectivity index (χ1v) is 10.2. The molecule has 1 aromatic heterocycles. The first-order valence-electron chi connectivity index (χ1n) is 8.96. The molecular formula is C20H16F3N3O3S. The summed E-state index contributed by atoms with van der Waals surface area (Å²) in [6, 6.07) is 12.9. The number of thioether (sulfide) groups is 1. The van der Waals surface area contributed by atoms with Gasteiger partial charge in [0.1, 0.15) is 5.75 Å². The highest BCUT2D eigenvalue weighted by molar-refractivity contribution is 7.98. The van der Waals surface area contributed by atoms with E-state index in [9.17, 15) is 18.0 Å². The fourth-order valence-corrected chi connectivity index (χ4v) is 3.62. The maximum absolute atomic E-state index is 12.5. The fourth-order valence-electron chi connectivity index (χ4n) is 3.21. The van der Waals surface area contributed by atoms with E-state index in [0.717, 1.165) is 10.6 Å². The van der Waals surface area contributed by atoms with Crippen LogP contribution in [0.2, 0.25) is 0 Å². The molecule has 156 valence electrons. The van der Waals surface area contributed by atoms with Crippen molar-refractivity contribution in [2.24, 2.45) is 0 Å². The molecule has 0 spiro atoms. The number of anilines is 1. The molecule has 10 heteroatoms. The Labute approximate surface area is 174 Å². The van der Waals surface area contributed by atoms with Crippen molar-refractivity contribution in [3.63, 3.8) is 0 Å². The predicted molar refractivity (Wildman–Crippen MR) is 104 cm³/mol. The Kier molecular flexibility index (Phi) is 5.42. The highest BCUT2D eigenvalue weighted by Gasteiger charge is 2.35. The summed E-state index contributed by atoms with van der Waals surface area (Å²) in [4.78, 5) is 19.6. The summed E-state index contributed by atoms with van der Waals surface area (Å²) in [5.41, 5.74) is 1.29. The SMILES string of the molecule is CSc1ccc(N2CC(c3nc(-c4ccc(OC(F)(F)F)cc4)no3)CC2=O)cc1. The number of carbonyl (C=O) groups excluding carboxylic acids is 1. The van der Waals surface area contributed by atoms with E-state index in [-0.39, 0.29) is 29.8 Å². The van der Waals surface area contributed by atoms with Gasteiger partial charge in [0.25, 0.3) is 0 Å². The van der Waals surface area contributed by atoms with Gasteiger partial charge < -0.3 is 14.2 Å². The number of hydrogen-bond acceptors (Lipinski definition) is 6. The van der Waals surface area contributed by atoms with Crippen LogP contribution in [0, 0.1) is 0 Å². The zero-order chi connectivity index (χ0) is 21.3. The van der Waals surface area contributed by atoms with Crippen molar-refractivity contribution in [2.75, 3.05) is 17.7 Å². The number of ether oxygens (including phenoxy) is 1. The Bertz CT molecular complexity index is 1040. The van der Waals surface area contributed by atoms with Crippen LogP contribution >= 0.6 is 11.8 Å². The second kappa shape index (κ2) is 8.02. The largest absolute Gasteiger partial charge is 0.573 e. The van der Waals surface area contributed by atoms with Crippen molar-refractivity contribution in [1.82, 2.24) is 10.1 Å². The van der Waals surface area contributed by atoms with Gasteiger partial charge in [0.05, 0.1) is 5.92 Å². The van der Waals surface area contributed by atoms with Gasteiger partial charge in [-0.05, 0) is 54.8 Å². The minimum Gasteiger partial charge on any atom is -0.406 e. The average Bonchev–Trinajstić information content (AvgIpc) is 3.34. The molecular weight excluding hydrogens is 419 g/mol. The Balaban J connectivity index is 1.47. The predicted octanol–water partition coefficient (Wildman–Crippen LogP) is 4.88. The second-order valence-electron chi connectivity index (χ2n) is 6.63. The smallest absolute Gasteiger partial charge is 0.406 e. The highest BCUT2D eigenvalue weighted by Crippen LogP contribution is 2.33. The summed E-state index contributed by atoms with van der Waals surface area (Å²) in [5.74, 6) is -0.0763. The van der Waals surface area contributed by atoms with Crippen LogP contribution < -0.4 is 9.64 Å². The van der Waals surface area contributed by atoms with E-state index >= 15 is 0 Å². The first kappa shape index (κ1) is 20.3. The molecule has 2 aromatic carbocycles. The minimum atomic E-state index is -4.75. The lowest BCUT2D eigenvalue weighted by molar-refractivity contribution is -0.274. The van der Waals surface area contributed by atoms with Crippen LogP contribution in [0.5, 0.6) is 5.75 Å². The van der Waals surface area contributed by atoms with Crippen LogP contribution in [-0.4, -0.2) is 35.2 Å². The van der Waals surface area contributed by atoms with Crippen LogP contribution in [0.25, 0.3) is 11.4 Å². The van der Waals surface area contributed by atoms with Gasteiger partial charge in [0, 0.05) is 29.1 Å². The third kappa shape index (κ3) is 4.43. The number of aromatic nitrogens is 2. The van der Waals surface area contributed by atoms with Crippen molar-refractivity contribution in [3.8, 4) is 17.1 Å². The zero-order valence-corrected chi connectivity index (χ0v) is 16.5. The molecule has 0 bridgehead atoms. The van der Waals surface area contributed by atoms with Gasteiger partial charge in [0.15, 0.2) is 0 Å². The topological polar surface area (TPSA) is 68.5 Å². The molecule has 1 unspecified atom stereocenters. The Morgan fingerprint density at radius 3 is 2.47 bits per heavy atom. The molecule has 0 radical (unpaired) electrons. The Morgan fingerprint density at radius 1 is 1.13 bits per heavy atom. The molecule has 0 saturated carbocycles. The molecule has 1 aliphatic rings.